The van der Waals surface area contributed by atoms with Gasteiger partial charge >= 0.3 is 0 Å². The number of nitrogens with one attached hydrogen (secondary N) is 1. The van der Waals surface area contributed by atoms with E-state index in [0.717, 1.165) is 5.92 Å². The molecule has 0 bridgehead atoms. The summed E-state index contributed by atoms with van der Waals surface area (Å²) in [5.74, 6) is 1.56. The van der Waals surface area contributed by atoms with E-state index < -0.39 is 0 Å². The molecule has 0 radical (unpaired) electrons. The third-order valence-electron chi connectivity index (χ3n) is 4.34. The molecule has 2 nitrogen and oxygen atoms in total. The van der Waals surface area contributed by atoms with Gasteiger partial charge in [0.05, 0.1) is 0 Å². The molecule has 0 spiro atoms. The third kappa shape index (κ3) is 4.96. The summed E-state index contributed by atoms with van der Waals surface area (Å²) in [6.45, 7) is 7.23. The van der Waals surface area contributed by atoms with Crippen molar-refractivity contribution in [3.8, 4) is 0 Å². The maximum Gasteiger partial charge on any atom is 0.000756 e. The molecule has 19 heavy (non-hydrogen) atoms. The lowest BCUT2D eigenvalue weighted by Gasteiger charge is -2.28. The van der Waals surface area contributed by atoms with Gasteiger partial charge in [0.1, 0.15) is 0 Å². The minimum Gasteiger partial charge on any atom is -0.317 e. The molecule has 1 N–H and O–H groups in total. The lowest BCUT2D eigenvalue weighted by Crippen LogP contribution is -2.35. The van der Waals surface area contributed by atoms with Gasteiger partial charge in [0, 0.05) is 6.54 Å². The van der Waals surface area contributed by atoms with Gasteiger partial charge in [-0.15, -0.1) is 0 Å². The van der Waals surface area contributed by atoms with Gasteiger partial charge in [-0.05, 0) is 63.3 Å². The Morgan fingerprint density at radius 1 is 1.21 bits per heavy atom. The molecule has 0 saturated carbocycles. The first-order valence-electron chi connectivity index (χ1n) is 7.70. The fourth-order valence-electron chi connectivity index (χ4n) is 2.96. The first-order valence-corrected chi connectivity index (χ1v) is 7.70. The van der Waals surface area contributed by atoms with E-state index in [2.05, 4.69) is 54.5 Å². The quantitative estimate of drug-likeness (QED) is 0.845. The Kier molecular flexibility index (Phi) is 5.87. The van der Waals surface area contributed by atoms with E-state index in [1.165, 1.54) is 51.0 Å². The Hall–Kier alpha value is -0.860. The van der Waals surface area contributed by atoms with E-state index in [0.29, 0.717) is 5.92 Å². The predicted molar refractivity (Wildman–Crippen MR) is 82.6 cm³/mol. The maximum atomic E-state index is 3.44. The van der Waals surface area contributed by atoms with Crippen LogP contribution in [0.4, 0.5) is 0 Å². The van der Waals surface area contributed by atoms with Crippen molar-refractivity contribution in [3.05, 3.63) is 35.9 Å². The highest BCUT2D eigenvalue weighted by Crippen LogP contribution is 2.19. The molecule has 1 aliphatic heterocycles. The summed E-state index contributed by atoms with van der Waals surface area (Å²) >= 11 is 0. The molecule has 0 aromatic heterocycles. The third-order valence-corrected chi connectivity index (χ3v) is 4.34. The van der Waals surface area contributed by atoms with E-state index in [9.17, 15) is 0 Å². The average molecular weight is 260 g/mol. The van der Waals surface area contributed by atoms with E-state index >= 15 is 0 Å². The molecule has 0 aliphatic carbocycles. The summed E-state index contributed by atoms with van der Waals surface area (Å²) in [6.07, 6.45) is 3.95. The largest absolute Gasteiger partial charge is 0.317 e. The molecule has 1 saturated heterocycles. The van der Waals surface area contributed by atoms with Crippen LogP contribution >= 0.6 is 0 Å². The van der Waals surface area contributed by atoms with Crippen LogP contribution in [0.15, 0.2) is 30.3 Å². The zero-order valence-corrected chi connectivity index (χ0v) is 12.4. The zero-order chi connectivity index (χ0) is 13.5. The molecule has 2 heteroatoms. The minimum atomic E-state index is 0.664. The monoisotopic (exact) mass is 260 g/mol. The molecule has 1 aliphatic rings. The molecule has 1 heterocycles. The highest BCUT2D eigenvalue weighted by atomic mass is 15.1. The van der Waals surface area contributed by atoms with Gasteiger partial charge in [0.15, 0.2) is 0 Å². The number of nitrogens with zero attached hydrogens (tertiary/aromatic N) is 1. The van der Waals surface area contributed by atoms with Crippen LogP contribution in [0.2, 0.25) is 0 Å². The van der Waals surface area contributed by atoms with Crippen LogP contribution in [0.25, 0.3) is 0 Å². The standard InChI is InChI=1S/C17H28N2/c1-15(17-6-4-3-5-7-17)10-13-19(2)14-16-8-11-18-12-9-16/h3-7,15-16,18H,8-14H2,1-2H3. The van der Waals surface area contributed by atoms with E-state index in [-0.39, 0.29) is 0 Å². The molecule has 1 atom stereocenters. The fourth-order valence-corrected chi connectivity index (χ4v) is 2.96. The van der Waals surface area contributed by atoms with Gasteiger partial charge in [0.25, 0.3) is 0 Å². The average Bonchev–Trinajstić information content (AvgIpc) is 2.47. The summed E-state index contributed by atoms with van der Waals surface area (Å²) in [4.78, 5) is 2.52. The summed E-state index contributed by atoms with van der Waals surface area (Å²) in [6, 6.07) is 10.9. The Morgan fingerprint density at radius 2 is 1.89 bits per heavy atom. The second kappa shape index (κ2) is 7.66. The molecule has 1 unspecified atom stereocenters. The van der Waals surface area contributed by atoms with Crippen LogP contribution in [-0.4, -0.2) is 38.1 Å². The Morgan fingerprint density at radius 3 is 2.58 bits per heavy atom. The van der Waals surface area contributed by atoms with Crippen LogP contribution in [0.5, 0.6) is 0 Å². The van der Waals surface area contributed by atoms with Crippen molar-refractivity contribution in [1.29, 1.82) is 0 Å². The second-order valence-corrected chi connectivity index (χ2v) is 6.06. The van der Waals surface area contributed by atoms with Crippen molar-refractivity contribution in [3.63, 3.8) is 0 Å². The van der Waals surface area contributed by atoms with Crippen molar-refractivity contribution in [2.45, 2.75) is 32.1 Å². The minimum absolute atomic E-state index is 0.664. The Bertz CT molecular complexity index is 344. The van der Waals surface area contributed by atoms with Gasteiger partial charge < -0.3 is 10.2 Å². The SMILES string of the molecule is CC(CCN(C)CC1CCNCC1)c1ccccc1. The van der Waals surface area contributed by atoms with Gasteiger partial charge in [-0.2, -0.15) is 0 Å². The molecule has 1 aromatic carbocycles. The van der Waals surface area contributed by atoms with Crippen molar-refractivity contribution >= 4 is 0 Å². The maximum absolute atomic E-state index is 3.44. The molecule has 1 fully saturated rings. The van der Waals surface area contributed by atoms with Crippen molar-refractivity contribution < 1.29 is 0 Å². The highest BCUT2D eigenvalue weighted by molar-refractivity contribution is 5.18. The number of hydrogen-bond acceptors (Lipinski definition) is 2. The van der Waals surface area contributed by atoms with Crippen LogP contribution in [0, 0.1) is 5.92 Å². The molecule has 1 aromatic rings. The Labute approximate surface area is 118 Å². The highest BCUT2D eigenvalue weighted by Gasteiger charge is 2.15. The smallest absolute Gasteiger partial charge is 0.000756 e. The normalized spacial score (nSPS) is 18.7. The molecule has 106 valence electrons. The van der Waals surface area contributed by atoms with Crippen molar-refractivity contribution in [1.82, 2.24) is 10.2 Å². The summed E-state index contributed by atoms with van der Waals surface area (Å²) in [5.41, 5.74) is 1.47. The summed E-state index contributed by atoms with van der Waals surface area (Å²) in [5, 5.41) is 3.44. The van der Waals surface area contributed by atoms with Crippen molar-refractivity contribution in [2.75, 3.05) is 33.2 Å². The molecule has 0 amide bonds. The van der Waals surface area contributed by atoms with E-state index in [1.807, 2.05) is 0 Å². The first-order chi connectivity index (χ1) is 9.25. The van der Waals surface area contributed by atoms with Crippen LogP contribution in [-0.2, 0) is 0 Å². The van der Waals surface area contributed by atoms with Gasteiger partial charge in [-0.3, -0.25) is 0 Å². The predicted octanol–water partition coefficient (Wildman–Crippen LogP) is 3.11. The first kappa shape index (κ1) is 14.5. The van der Waals surface area contributed by atoms with Crippen LogP contribution < -0.4 is 5.32 Å². The zero-order valence-electron chi connectivity index (χ0n) is 12.4. The second-order valence-electron chi connectivity index (χ2n) is 6.06. The number of benzene rings is 1. The lowest BCUT2D eigenvalue weighted by atomic mass is 9.96. The summed E-state index contributed by atoms with van der Waals surface area (Å²) in [7, 11) is 2.28. The Balaban J connectivity index is 1.69. The van der Waals surface area contributed by atoms with Crippen LogP contribution in [0.1, 0.15) is 37.7 Å². The van der Waals surface area contributed by atoms with Gasteiger partial charge in [0.2, 0.25) is 0 Å². The van der Waals surface area contributed by atoms with E-state index in [1.54, 1.807) is 0 Å². The lowest BCUT2D eigenvalue weighted by molar-refractivity contribution is 0.235. The summed E-state index contributed by atoms with van der Waals surface area (Å²) < 4.78 is 0. The van der Waals surface area contributed by atoms with Crippen LogP contribution in [0.3, 0.4) is 0 Å². The topological polar surface area (TPSA) is 15.3 Å². The number of rotatable bonds is 6. The van der Waals surface area contributed by atoms with Gasteiger partial charge in [-0.25, -0.2) is 0 Å². The van der Waals surface area contributed by atoms with Gasteiger partial charge in [-0.1, -0.05) is 37.3 Å². The number of hydrogen-bond donors (Lipinski definition) is 1. The van der Waals surface area contributed by atoms with E-state index in [4.69, 9.17) is 0 Å². The molecule has 2 rings (SSSR count). The molecular formula is C17H28N2. The fraction of sp³-hybridized carbons (Fsp3) is 0.647. The van der Waals surface area contributed by atoms with Crippen molar-refractivity contribution in [2.24, 2.45) is 5.92 Å². The number of piperidine rings is 1. The molecular weight excluding hydrogens is 232 g/mol.